The molecule has 2 saturated heterocycles. The third kappa shape index (κ3) is 6.47. The van der Waals surface area contributed by atoms with Crippen molar-refractivity contribution in [2.45, 2.75) is 83.5 Å². The molecular weight excluding hydrogens is 568 g/mol. The van der Waals surface area contributed by atoms with Gasteiger partial charge >= 0.3 is 5.63 Å². The molecule has 6 rings (SSSR count). The number of rotatable bonds is 11. The van der Waals surface area contributed by atoms with Crippen molar-refractivity contribution in [3.8, 4) is 0 Å². The number of aromatic nitrogens is 2. The minimum atomic E-state index is -0.644. The van der Waals surface area contributed by atoms with E-state index in [1.165, 1.54) is 19.3 Å². The van der Waals surface area contributed by atoms with Gasteiger partial charge in [-0.05, 0) is 83.7 Å². The van der Waals surface area contributed by atoms with Gasteiger partial charge in [0.25, 0.3) is 11.8 Å². The Balaban J connectivity index is 1.04. The lowest BCUT2D eigenvalue weighted by molar-refractivity contribution is 0.0462. The zero-order valence-corrected chi connectivity index (χ0v) is 26.6. The maximum Gasteiger partial charge on any atom is 0.349 e. The van der Waals surface area contributed by atoms with E-state index in [0.717, 1.165) is 48.9 Å². The number of piperidine rings is 2. The zero-order valence-electron chi connectivity index (χ0n) is 26.6. The molecule has 2 bridgehead atoms. The molecule has 0 spiro atoms. The molecule has 2 aromatic carbocycles. The monoisotopic (exact) mass is 612 g/mol. The number of nitrogens with one attached hydrogen (secondary N) is 2. The molecule has 2 aliphatic rings. The number of anilines is 1. The molecule has 2 aromatic heterocycles. The molecule has 238 valence electrons. The molecule has 2 atom stereocenters. The third-order valence-electron chi connectivity index (χ3n) is 9.72. The van der Waals surface area contributed by atoms with Gasteiger partial charge in [0, 0.05) is 66.8 Å². The molecule has 2 fully saturated rings. The number of unbranched alkanes of at least 4 members (excludes halogenated alkanes) is 1. The number of hydrogen-bond acceptors (Lipinski definition) is 7. The van der Waals surface area contributed by atoms with Gasteiger partial charge < -0.3 is 24.9 Å². The van der Waals surface area contributed by atoms with Gasteiger partial charge in [0.1, 0.15) is 11.1 Å². The number of amides is 2. The SMILES string of the molecule is CCN(CC)c1ccc2cc(C(=O)NCCCCn3nc(C(=O)NC4C[C@@H]5CCC[C@@H](C4)N5C)c4ccccc43)c(=O)oc2c1. The van der Waals surface area contributed by atoms with Crippen LogP contribution in [0.1, 0.15) is 79.6 Å². The molecular formula is C35H44N6O4. The second-order valence-electron chi connectivity index (χ2n) is 12.4. The molecule has 2 N–H and O–H groups in total. The number of hydrogen-bond donors (Lipinski definition) is 2. The molecule has 0 saturated carbocycles. The summed E-state index contributed by atoms with van der Waals surface area (Å²) in [6, 6.07) is 16.4. The van der Waals surface area contributed by atoms with Crippen LogP contribution in [0.4, 0.5) is 5.69 Å². The van der Waals surface area contributed by atoms with Crippen molar-refractivity contribution in [1.82, 2.24) is 25.3 Å². The highest BCUT2D eigenvalue weighted by atomic mass is 16.4. The predicted molar refractivity (Wildman–Crippen MR) is 177 cm³/mol. The quantitative estimate of drug-likeness (QED) is 0.182. The number of nitrogens with zero attached hydrogens (tertiary/aromatic N) is 4. The van der Waals surface area contributed by atoms with Crippen LogP contribution in [0.5, 0.6) is 0 Å². The van der Waals surface area contributed by atoms with Crippen molar-refractivity contribution in [2.24, 2.45) is 0 Å². The molecule has 2 aliphatic heterocycles. The van der Waals surface area contributed by atoms with Crippen LogP contribution in [0, 0.1) is 0 Å². The van der Waals surface area contributed by atoms with Crippen LogP contribution in [0.25, 0.3) is 21.9 Å². The van der Waals surface area contributed by atoms with Crippen molar-refractivity contribution in [3.63, 3.8) is 0 Å². The number of benzene rings is 2. The van der Waals surface area contributed by atoms with E-state index >= 15 is 0 Å². The fraction of sp³-hybridized carbons (Fsp3) is 0.486. The molecule has 0 radical (unpaired) electrons. The summed E-state index contributed by atoms with van der Waals surface area (Å²) in [5, 5.41) is 12.5. The van der Waals surface area contributed by atoms with E-state index in [1.807, 2.05) is 47.1 Å². The third-order valence-corrected chi connectivity index (χ3v) is 9.72. The molecule has 2 amide bonds. The van der Waals surface area contributed by atoms with Gasteiger partial charge in [-0.25, -0.2) is 4.79 Å². The maximum absolute atomic E-state index is 13.4. The summed E-state index contributed by atoms with van der Waals surface area (Å²) in [5.41, 5.74) is 2.19. The second-order valence-corrected chi connectivity index (χ2v) is 12.4. The Morgan fingerprint density at radius 3 is 2.51 bits per heavy atom. The van der Waals surface area contributed by atoms with E-state index in [-0.39, 0.29) is 17.5 Å². The predicted octanol–water partition coefficient (Wildman–Crippen LogP) is 4.94. The van der Waals surface area contributed by atoms with E-state index in [2.05, 4.69) is 41.3 Å². The second kappa shape index (κ2) is 13.4. The first-order valence-electron chi connectivity index (χ1n) is 16.5. The fourth-order valence-electron chi connectivity index (χ4n) is 7.18. The van der Waals surface area contributed by atoms with Crippen molar-refractivity contribution in [3.05, 3.63) is 70.2 Å². The van der Waals surface area contributed by atoms with Crippen LogP contribution < -0.4 is 21.2 Å². The van der Waals surface area contributed by atoms with Crippen LogP contribution in [-0.4, -0.2) is 71.3 Å². The molecule has 45 heavy (non-hydrogen) atoms. The van der Waals surface area contributed by atoms with Gasteiger partial charge in [0.05, 0.1) is 5.52 Å². The Morgan fingerprint density at radius 2 is 1.76 bits per heavy atom. The van der Waals surface area contributed by atoms with Crippen LogP contribution in [0.3, 0.4) is 0 Å². The van der Waals surface area contributed by atoms with Crippen LogP contribution >= 0.6 is 0 Å². The smallest absolute Gasteiger partial charge is 0.349 e. The summed E-state index contributed by atoms with van der Waals surface area (Å²) in [6.07, 6.45) is 7.08. The summed E-state index contributed by atoms with van der Waals surface area (Å²) in [6.45, 7) is 6.85. The highest BCUT2D eigenvalue weighted by molar-refractivity contribution is 6.05. The largest absolute Gasteiger partial charge is 0.422 e. The molecule has 0 aliphatic carbocycles. The average molecular weight is 613 g/mol. The number of carbonyl (C=O) groups excluding carboxylic acids is 2. The Kier molecular flexibility index (Phi) is 9.21. The lowest BCUT2D eigenvalue weighted by Gasteiger charge is -2.47. The normalized spacial score (nSPS) is 19.9. The highest BCUT2D eigenvalue weighted by Gasteiger charge is 2.37. The maximum atomic E-state index is 13.4. The van der Waals surface area contributed by atoms with Gasteiger partial charge in [-0.1, -0.05) is 24.6 Å². The van der Waals surface area contributed by atoms with Crippen LogP contribution in [0.15, 0.2) is 57.7 Å². The summed E-state index contributed by atoms with van der Waals surface area (Å²) in [5.74, 6) is -0.552. The topological polar surface area (TPSA) is 113 Å². The molecule has 10 heteroatoms. The number of para-hydroxylation sites is 1. The Hall–Kier alpha value is -4.18. The van der Waals surface area contributed by atoms with Gasteiger partial charge in [-0.3, -0.25) is 14.3 Å². The zero-order chi connectivity index (χ0) is 31.5. The Morgan fingerprint density at radius 1 is 1.00 bits per heavy atom. The minimum absolute atomic E-state index is 0.0000496. The lowest BCUT2D eigenvalue weighted by Crippen LogP contribution is -2.55. The standard InChI is InChI=1S/C35H44N6O4/c1-4-40(5-2)27-16-15-23-19-29(35(44)45-31(23)22-27)33(42)36-17-8-9-18-41-30-14-7-6-13-28(30)32(38-41)34(43)37-24-20-25-11-10-12-26(21-24)39(25)3/h6-7,13-16,19,22,24-26H,4-5,8-12,17-18,20-21H2,1-3H3,(H,36,42)(H,37,43)/t25-,26-/m0/s1. The van der Waals surface area contributed by atoms with E-state index in [4.69, 9.17) is 9.52 Å². The summed E-state index contributed by atoms with van der Waals surface area (Å²) in [7, 11) is 2.22. The summed E-state index contributed by atoms with van der Waals surface area (Å²) < 4.78 is 7.41. The van der Waals surface area contributed by atoms with E-state index in [0.29, 0.717) is 48.3 Å². The van der Waals surface area contributed by atoms with Crippen LogP contribution in [-0.2, 0) is 6.54 Å². The van der Waals surface area contributed by atoms with Crippen LogP contribution in [0.2, 0.25) is 0 Å². The van der Waals surface area contributed by atoms with E-state index in [1.54, 1.807) is 6.07 Å². The number of fused-ring (bicyclic) bond motifs is 4. The van der Waals surface area contributed by atoms with Gasteiger partial charge in [0.15, 0.2) is 5.69 Å². The fourth-order valence-corrected chi connectivity index (χ4v) is 7.18. The molecule has 10 nitrogen and oxygen atoms in total. The summed E-state index contributed by atoms with van der Waals surface area (Å²) in [4.78, 5) is 43.6. The highest BCUT2D eigenvalue weighted by Crippen LogP contribution is 2.33. The Labute approximate surface area is 263 Å². The first-order valence-corrected chi connectivity index (χ1v) is 16.5. The van der Waals surface area contributed by atoms with Crippen molar-refractivity contribution >= 4 is 39.4 Å². The van der Waals surface area contributed by atoms with Crippen molar-refractivity contribution in [2.75, 3.05) is 31.6 Å². The van der Waals surface area contributed by atoms with Gasteiger partial charge in [-0.2, -0.15) is 5.10 Å². The average Bonchev–Trinajstić information content (AvgIpc) is 3.40. The molecule has 4 heterocycles. The van der Waals surface area contributed by atoms with Gasteiger partial charge in [-0.15, -0.1) is 0 Å². The minimum Gasteiger partial charge on any atom is -0.422 e. The summed E-state index contributed by atoms with van der Waals surface area (Å²) >= 11 is 0. The Bertz CT molecular complexity index is 1730. The molecule has 0 unspecified atom stereocenters. The first kappa shape index (κ1) is 30.8. The molecule has 4 aromatic rings. The lowest BCUT2D eigenvalue weighted by atomic mass is 9.82. The number of carbonyl (C=O) groups is 2. The first-order chi connectivity index (χ1) is 21.9. The van der Waals surface area contributed by atoms with Crippen molar-refractivity contribution < 1.29 is 14.0 Å². The van der Waals surface area contributed by atoms with E-state index in [9.17, 15) is 14.4 Å². The van der Waals surface area contributed by atoms with Crippen molar-refractivity contribution in [1.29, 1.82) is 0 Å². The number of aryl methyl sites for hydroxylation is 1. The van der Waals surface area contributed by atoms with E-state index < -0.39 is 11.5 Å². The van der Waals surface area contributed by atoms with Gasteiger partial charge in [0.2, 0.25) is 0 Å².